The Labute approximate surface area is 109 Å². The van der Waals surface area contributed by atoms with E-state index in [2.05, 4.69) is 36.2 Å². The van der Waals surface area contributed by atoms with Crippen LogP contribution in [0, 0.1) is 0 Å². The van der Waals surface area contributed by atoms with Gasteiger partial charge in [0.2, 0.25) is 11.7 Å². The molecule has 0 aliphatic carbocycles. The Morgan fingerprint density at radius 1 is 1.33 bits per heavy atom. The average Bonchev–Trinajstić information content (AvgIpc) is 2.85. The van der Waals surface area contributed by atoms with E-state index in [-0.39, 0.29) is 12.0 Å². The lowest BCUT2D eigenvalue weighted by Crippen LogP contribution is -2.19. The van der Waals surface area contributed by atoms with Crippen LogP contribution in [0.5, 0.6) is 0 Å². The first-order valence-corrected chi connectivity index (χ1v) is 6.88. The Kier molecular flexibility index (Phi) is 6.90. The summed E-state index contributed by atoms with van der Waals surface area (Å²) in [6.07, 6.45) is 1.93. The van der Waals surface area contributed by atoms with E-state index in [1.54, 1.807) is 0 Å². The molecule has 1 aromatic heterocycles. The number of nitrogens with zero attached hydrogens (tertiary/aromatic N) is 2. The smallest absolute Gasteiger partial charge is 0.230 e. The fourth-order valence-corrected chi connectivity index (χ4v) is 1.78. The second kappa shape index (κ2) is 8.21. The molecule has 0 aliphatic heterocycles. The average molecular weight is 255 g/mol. The molecule has 1 heterocycles. The summed E-state index contributed by atoms with van der Waals surface area (Å²) in [6.45, 7) is 10.7. The van der Waals surface area contributed by atoms with Gasteiger partial charge in [-0.05, 0) is 19.9 Å². The molecule has 0 fully saturated rings. The van der Waals surface area contributed by atoms with Gasteiger partial charge in [0.15, 0.2) is 0 Å². The summed E-state index contributed by atoms with van der Waals surface area (Å²) in [6, 6.07) is 0. The second-order valence-corrected chi connectivity index (χ2v) is 4.43. The molecule has 5 heteroatoms. The minimum Gasteiger partial charge on any atom is -0.370 e. The molecule has 0 aliphatic rings. The van der Waals surface area contributed by atoms with Gasteiger partial charge in [-0.1, -0.05) is 32.3 Å². The largest absolute Gasteiger partial charge is 0.370 e. The molecular formula is C13H25N3O2. The van der Waals surface area contributed by atoms with Crippen LogP contribution < -0.4 is 5.32 Å². The van der Waals surface area contributed by atoms with Gasteiger partial charge >= 0.3 is 0 Å². The van der Waals surface area contributed by atoms with Crippen LogP contribution >= 0.6 is 0 Å². The predicted octanol–water partition coefficient (Wildman–Crippen LogP) is 2.66. The molecule has 2 atom stereocenters. The lowest BCUT2D eigenvalue weighted by Gasteiger charge is -2.11. The molecule has 0 bridgehead atoms. The zero-order valence-electron chi connectivity index (χ0n) is 11.9. The summed E-state index contributed by atoms with van der Waals surface area (Å²) in [4.78, 5) is 4.46. The predicted molar refractivity (Wildman–Crippen MR) is 70.5 cm³/mol. The number of likely N-dealkylation sites (N-methyl/N-ethyl adjacent to an activating group) is 1. The summed E-state index contributed by atoms with van der Waals surface area (Å²) < 4.78 is 11.0. The minimum atomic E-state index is -0.0381. The van der Waals surface area contributed by atoms with E-state index in [9.17, 15) is 0 Å². The van der Waals surface area contributed by atoms with Crippen LogP contribution in [-0.4, -0.2) is 29.8 Å². The maximum absolute atomic E-state index is 5.64. The molecule has 0 amide bonds. The molecule has 1 aromatic rings. The Morgan fingerprint density at radius 2 is 2.11 bits per heavy atom. The molecule has 0 spiro atoms. The maximum atomic E-state index is 5.64. The van der Waals surface area contributed by atoms with Gasteiger partial charge in [0.05, 0.1) is 0 Å². The Bertz CT molecular complexity index is 322. The summed E-state index contributed by atoms with van der Waals surface area (Å²) in [7, 11) is 0. The highest BCUT2D eigenvalue weighted by Crippen LogP contribution is 2.22. The highest BCUT2D eigenvalue weighted by atomic mass is 16.5. The molecule has 104 valence electrons. The zero-order chi connectivity index (χ0) is 13.4. The van der Waals surface area contributed by atoms with Crippen molar-refractivity contribution in [1.29, 1.82) is 0 Å². The van der Waals surface area contributed by atoms with Crippen LogP contribution in [0.1, 0.15) is 64.3 Å². The monoisotopic (exact) mass is 255 g/mol. The molecule has 1 rings (SSSR count). The van der Waals surface area contributed by atoms with Crippen molar-refractivity contribution in [3.8, 4) is 0 Å². The molecule has 0 saturated heterocycles. The van der Waals surface area contributed by atoms with E-state index in [0.29, 0.717) is 18.3 Å². The minimum absolute atomic E-state index is 0.0381. The van der Waals surface area contributed by atoms with Gasteiger partial charge in [0, 0.05) is 19.1 Å². The van der Waals surface area contributed by atoms with Gasteiger partial charge in [-0.25, -0.2) is 0 Å². The van der Waals surface area contributed by atoms with Crippen molar-refractivity contribution in [2.24, 2.45) is 0 Å². The van der Waals surface area contributed by atoms with E-state index in [1.165, 1.54) is 0 Å². The Hall–Kier alpha value is -0.940. The quantitative estimate of drug-likeness (QED) is 0.735. The standard InChI is InChI=1S/C13H25N3O2/c1-5-8-11(17-7-3)12-15-13(18-16-12)10(4)9-14-6-2/h10-11,14H,5-9H2,1-4H3. The molecule has 0 radical (unpaired) electrons. The van der Waals surface area contributed by atoms with E-state index in [1.807, 2.05) is 6.92 Å². The molecule has 0 saturated carbocycles. The maximum Gasteiger partial charge on any atom is 0.230 e. The molecular weight excluding hydrogens is 230 g/mol. The fraction of sp³-hybridized carbons (Fsp3) is 0.846. The van der Waals surface area contributed by atoms with Crippen molar-refractivity contribution in [3.05, 3.63) is 11.7 Å². The van der Waals surface area contributed by atoms with Crippen LogP contribution in [-0.2, 0) is 4.74 Å². The SMILES string of the molecule is CCCC(OCC)c1noc(C(C)CNCC)n1. The van der Waals surface area contributed by atoms with Gasteiger partial charge in [-0.3, -0.25) is 0 Å². The molecule has 5 nitrogen and oxygen atoms in total. The third-order valence-electron chi connectivity index (χ3n) is 2.79. The van der Waals surface area contributed by atoms with Crippen LogP contribution in [0.2, 0.25) is 0 Å². The van der Waals surface area contributed by atoms with E-state index < -0.39 is 0 Å². The summed E-state index contributed by atoms with van der Waals surface area (Å²) in [5, 5.41) is 7.32. The first-order chi connectivity index (χ1) is 8.72. The molecule has 2 unspecified atom stereocenters. The van der Waals surface area contributed by atoms with Crippen molar-refractivity contribution in [2.45, 2.75) is 52.6 Å². The van der Waals surface area contributed by atoms with Gasteiger partial charge in [0.1, 0.15) is 6.10 Å². The lowest BCUT2D eigenvalue weighted by atomic mass is 10.1. The molecule has 1 N–H and O–H groups in total. The number of ether oxygens (including phenoxy) is 1. The van der Waals surface area contributed by atoms with Crippen molar-refractivity contribution in [1.82, 2.24) is 15.5 Å². The van der Waals surface area contributed by atoms with Crippen molar-refractivity contribution < 1.29 is 9.26 Å². The van der Waals surface area contributed by atoms with Crippen LogP contribution in [0.25, 0.3) is 0 Å². The van der Waals surface area contributed by atoms with Crippen LogP contribution in [0.15, 0.2) is 4.52 Å². The Balaban J connectivity index is 2.64. The molecule has 0 aromatic carbocycles. The summed E-state index contributed by atoms with van der Waals surface area (Å²) in [5.74, 6) is 1.60. The first-order valence-electron chi connectivity index (χ1n) is 6.88. The van der Waals surface area contributed by atoms with Crippen molar-refractivity contribution >= 4 is 0 Å². The van der Waals surface area contributed by atoms with E-state index in [0.717, 1.165) is 25.9 Å². The third kappa shape index (κ3) is 4.38. The normalized spacial score (nSPS) is 14.7. The first kappa shape index (κ1) is 15.1. The zero-order valence-corrected chi connectivity index (χ0v) is 11.9. The highest BCUT2D eigenvalue weighted by Gasteiger charge is 2.20. The highest BCUT2D eigenvalue weighted by molar-refractivity contribution is 4.96. The third-order valence-corrected chi connectivity index (χ3v) is 2.79. The lowest BCUT2D eigenvalue weighted by molar-refractivity contribution is 0.0477. The van der Waals surface area contributed by atoms with Gasteiger partial charge in [-0.2, -0.15) is 4.98 Å². The van der Waals surface area contributed by atoms with Crippen molar-refractivity contribution in [3.63, 3.8) is 0 Å². The second-order valence-electron chi connectivity index (χ2n) is 4.43. The van der Waals surface area contributed by atoms with E-state index >= 15 is 0 Å². The fourth-order valence-electron chi connectivity index (χ4n) is 1.78. The molecule has 18 heavy (non-hydrogen) atoms. The Morgan fingerprint density at radius 3 is 2.72 bits per heavy atom. The summed E-state index contributed by atoms with van der Waals surface area (Å²) in [5.41, 5.74) is 0. The van der Waals surface area contributed by atoms with E-state index in [4.69, 9.17) is 9.26 Å². The van der Waals surface area contributed by atoms with Gasteiger partial charge < -0.3 is 14.6 Å². The topological polar surface area (TPSA) is 60.2 Å². The van der Waals surface area contributed by atoms with Crippen molar-refractivity contribution in [2.75, 3.05) is 19.7 Å². The van der Waals surface area contributed by atoms with Gasteiger partial charge in [-0.15, -0.1) is 0 Å². The van der Waals surface area contributed by atoms with Gasteiger partial charge in [0.25, 0.3) is 0 Å². The van der Waals surface area contributed by atoms with Crippen LogP contribution in [0.4, 0.5) is 0 Å². The number of aromatic nitrogens is 2. The summed E-state index contributed by atoms with van der Waals surface area (Å²) >= 11 is 0. The van der Waals surface area contributed by atoms with Crippen LogP contribution in [0.3, 0.4) is 0 Å². The number of rotatable bonds is 9. The number of nitrogens with one attached hydrogen (secondary N) is 1. The number of hydrogen-bond donors (Lipinski definition) is 1. The number of hydrogen-bond acceptors (Lipinski definition) is 5.